The summed E-state index contributed by atoms with van der Waals surface area (Å²) >= 11 is 1.37. The molecule has 2 aromatic carbocycles. The van der Waals surface area contributed by atoms with Crippen LogP contribution < -0.4 is 15.8 Å². The Morgan fingerprint density at radius 3 is 2.48 bits per heavy atom. The number of carboxylic acid groups (broad SMARTS) is 1. The Balaban J connectivity index is 1.50. The maximum atomic E-state index is 12.6. The van der Waals surface area contributed by atoms with Gasteiger partial charge < -0.3 is 15.3 Å². The number of benzene rings is 2. The van der Waals surface area contributed by atoms with Crippen LogP contribution >= 0.6 is 11.3 Å². The third-order valence-corrected chi connectivity index (χ3v) is 6.20. The summed E-state index contributed by atoms with van der Waals surface area (Å²) in [5, 5.41) is 17.6. The van der Waals surface area contributed by atoms with Crippen LogP contribution in [0.3, 0.4) is 0 Å². The van der Waals surface area contributed by atoms with Crippen LogP contribution in [0.15, 0.2) is 59.4 Å². The summed E-state index contributed by atoms with van der Waals surface area (Å²) in [4.78, 5) is 31.1. The highest BCUT2D eigenvalue weighted by Crippen LogP contribution is 2.29. The number of aromatic nitrogens is 3. The quantitative estimate of drug-likeness (QED) is 0.510. The summed E-state index contributed by atoms with van der Waals surface area (Å²) in [7, 11) is 0. The van der Waals surface area contributed by atoms with Gasteiger partial charge in [-0.3, -0.25) is 4.79 Å². The topological polar surface area (TPSA) is 99.8 Å². The molecule has 1 aliphatic heterocycles. The first kappa shape index (κ1) is 19.4. The van der Waals surface area contributed by atoms with E-state index in [1.165, 1.54) is 15.9 Å². The minimum atomic E-state index is -0.951. The SMILES string of the molecule is O=C(O)c1ccc(-c2cccc(-c3nn4c(=O)cc(N5CCNCC5)nc4s3)c2)cc1. The molecule has 1 fully saturated rings. The molecule has 0 unspecified atom stereocenters. The minimum Gasteiger partial charge on any atom is -0.478 e. The molecule has 0 saturated carbocycles. The highest BCUT2D eigenvalue weighted by Gasteiger charge is 2.16. The molecule has 31 heavy (non-hydrogen) atoms. The smallest absolute Gasteiger partial charge is 0.335 e. The summed E-state index contributed by atoms with van der Waals surface area (Å²) in [5.74, 6) is -0.262. The van der Waals surface area contributed by atoms with E-state index in [0.717, 1.165) is 42.9 Å². The van der Waals surface area contributed by atoms with Crippen molar-refractivity contribution in [1.82, 2.24) is 19.9 Å². The molecular weight excluding hydrogens is 414 g/mol. The average molecular weight is 433 g/mol. The molecule has 1 saturated heterocycles. The van der Waals surface area contributed by atoms with E-state index in [4.69, 9.17) is 5.11 Å². The number of hydrogen-bond donors (Lipinski definition) is 2. The van der Waals surface area contributed by atoms with Crippen molar-refractivity contribution in [3.63, 3.8) is 0 Å². The summed E-state index contributed by atoms with van der Waals surface area (Å²) in [6, 6.07) is 16.1. The molecular formula is C22H19N5O3S. The standard InChI is InChI=1S/C22H19N5O3S/c28-19-13-18(26-10-8-23-9-11-26)24-22-27(19)25-20(31-22)17-3-1-2-16(12-17)14-4-6-15(7-5-14)21(29)30/h1-7,12-13,23H,8-11H2,(H,29,30). The monoisotopic (exact) mass is 433 g/mol. The van der Waals surface area contributed by atoms with Gasteiger partial charge in [0, 0.05) is 37.8 Å². The zero-order chi connectivity index (χ0) is 21.4. The lowest BCUT2D eigenvalue weighted by atomic mass is 10.0. The van der Waals surface area contributed by atoms with Crippen molar-refractivity contribution in [3.05, 3.63) is 70.5 Å². The largest absolute Gasteiger partial charge is 0.478 e. The fraction of sp³-hybridized carbons (Fsp3) is 0.182. The molecule has 156 valence electrons. The fourth-order valence-electron chi connectivity index (χ4n) is 3.61. The fourth-order valence-corrected chi connectivity index (χ4v) is 4.51. The highest BCUT2D eigenvalue weighted by molar-refractivity contribution is 7.19. The number of anilines is 1. The highest BCUT2D eigenvalue weighted by atomic mass is 32.1. The van der Waals surface area contributed by atoms with Gasteiger partial charge in [0.1, 0.15) is 10.8 Å². The number of aromatic carboxylic acids is 1. The van der Waals surface area contributed by atoms with E-state index in [2.05, 4.69) is 20.3 Å². The van der Waals surface area contributed by atoms with Crippen LogP contribution in [-0.4, -0.2) is 51.9 Å². The summed E-state index contributed by atoms with van der Waals surface area (Å²) in [6.07, 6.45) is 0. The second-order valence-electron chi connectivity index (χ2n) is 7.25. The van der Waals surface area contributed by atoms with Gasteiger partial charge >= 0.3 is 5.97 Å². The Bertz CT molecular complexity index is 1320. The Hall–Kier alpha value is -3.56. The molecule has 0 aliphatic carbocycles. The van der Waals surface area contributed by atoms with Gasteiger partial charge in [-0.15, -0.1) is 0 Å². The molecule has 4 aromatic rings. The van der Waals surface area contributed by atoms with Gasteiger partial charge in [-0.05, 0) is 29.3 Å². The average Bonchev–Trinajstić information content (AvgIpc) is 3.25. The van der Waals surface area contributed by atoms with Gasteiger partial charge in [-0.2, -0.15) is 9.61 Å². The van der Waals surface area contributed by atoms with E-state index in [1.807, 2.05) is 24.3 Å². The zero-order valence-corrected chi connectivity index (χ0v) is 17.3. The van der Waals surface area contributed by atoms with Crippen molar-refractivity contribution in [2.24, 2.45) is 0 Å². The minimum absolute atomic E-state index is 0.193. The molecule has 0 radical (unpaired) electrons. The van der Waals surface area contributed by atoms with Crippen molar-refractivity contribution >= 4 is 28.1 Å². The van der Waals surface area contributed by atoms with Crippen LogP contribution in [-0.2, 0) is 0 Å². The molecule has 8 nitrogen and oxygen atoms in total. The maximum Gasteiger partial charge on any atom is 0.335 e. The molecule has 9 heteroatoms. The van der Waals surface area contributed by atoms with E-state index in [9.17, 15) is 9.59 Å². The molecule has 5 rings (SSSR count). The second-order valence-corrected chi connectivity index (χ2v) is 8.21. The third kappa shape index (κ3) is 3.80. The molecule has 0 amide bonds. The van der Waals surface area contributed by atoms with Crippen molar-refractivity contribution in [2.45, 2.75) is 0 Å². The summed E-state index contributed by atoms with van der Waals surface area (Å²) in [6.45, 7) is 3.37. The number of carbonyl (C=O) groups is 1. The molecule has 0 atom stereocenters. The molecule has 2 aromatic heterocycles. The first-order valence-corrected chi connectivity index (χ1v) is 10.7. The van der Waals surface area contributed by atoms with Crippen LogP contribution in [0.1, 0.15) is 10.4 Å². The van der Waals surface area contributed by atoms with Crippen molar-refractivity contribution in [1.29, 1.82) is 0 Å². The van der Waals surface area contributed by atoms with Crippen LogP contribution in [0, 0.1) is 0 Å². The van der Waals surface area contributed by atoms with Crippen molar-refractivity contribution < 1.29 is 9.90 Å². The van der Waals surface area contributed by atoms with Gasteiger partial charge in [-0.25, -0.2) is 9.78 Å². The van der Waals surface area contributed by atoms with Crippen LogP contribution in [0.2, 0.25) is 0 Å². The van der Waals surface area contributed by atoms with Crippen molar-refractivity contribution in [2.75, 3.05) is 31.1 Å². The third-order valence-electron chi connectivity index (χ3n) is 5.25. The van der Waals surface area contributed by atoms with Crippen LogP contribution in [0.4, 0.5) is 5.82 Å². The van der Waals surface area contributed by atoms with E-state index in [-0.39, 0.29) is 11.1 Å². The lowest BCUT2D eigenvalue weighted by molar-refractivity contribution is 0.0697. The Labute approximate surface area is 181 Å². The molecule has 3 heterocycles. The normalized spacial score (nSPS) is 14.1. The number of fused-ring (bicyclic) bond motifs is 1. The van der Waals surface area contributed by atoms with E-state index >= 15 is 0 Å². The maximum absolute atomic E-state index is 12.6. The number of piperazine rings is 1. The van der Waals surface area contributed by atoms with E-state index < -0.39 is 5.97 Å². The van der Waals surface area contributed by atoms with Gasteiger partial charge in [-0.1, -0.05) is 41.7 Å². The predicted octanol–water partition coefficient (Wildman–Crippen LogP) is 2.59. The number of nitrogens with zero attached hydrogens (tertiary/aromatic N) is 4. The number of rotatable bonds is 4. The van der Waals surface area contributed by atoms with Crippen LogP contribution in [0.25, 0.3) is 26.7 Å². The number of hydrogen-bond acceptors (Lipinski definition) is 7. The molecule has 0 spiro atoms. The Morgan fingerprint density at radius 2 is 1.74 bits per heavy atom. The molecule has 1 aliphatic rings. The first-order valence-electron chi connectivity index (χ1n) is 9.89. The zero-order valence-electron chi connectivity index (χ0n) is 16.5. The summed E-state index contributed by atoms with van der Waals surface area (Å²) < 4.78 is 1.35. The van der Waals surface area contributed by atoms with Gasteiger partial charge in [0.2, 0.25) is 4.96 Å². The van der Waals surface area contributed by atoms with Crippen LogP contribution in [0.5, 0.6) is 0 Å². The lowest BCUT2D eigenvalue weighted by Gasteiger charge is -2.27. The van der Waals surface area contributed by atoms with E-state index in [1.54, 1.807) is 30.3 Å². The van der Waals surface area contributed by atoms with E-state index in [0.29, 0.717) is 15.8 Å². The van der Waals surface area contributed by atoms with Crippen molar-refractivity contribution in [3.8, 4) is 21.7 Å². The van der Waals surface area contributed by atoms with Gasteiger partial charge in [0.05, 0.1) is 5.56 Å². The predicted molar refractivity (Wildman–Crippen MR) is 120 cm³/mol. The number of nitrogens with one attached hydrogen (secondary N) is 1. The molecule has 0 bridgehead atoms. The first-order chi connectivity index (χ1) is 15.1. The Morgan fingerprint density at radius 1 is 1.00 bits per heavy atom. The second kappa shape index (κ2) is 7.93. The Kier molecular flexibility index (Phi) is 4.97. The van der Waals surface area contributed by atoms with Gasteiger partial charge in [0.25, 0.3) is 5.56 Å². The van der Waals surface area contributed by atoms with Gasteiger partial charge in [0.15, 0.2) is 0 Å². The molecule has 2 N–H and O–H groups in total. The number of carboxylic acids is 1. The lowest BCUT2D eigenvalue weighted by Crippen LogP contribution is -2.44. The summed E-state index contributed by atoms with van der Waals surface area (Å²) in [5.41, 5.74) is 2.77.